The van der Waals surface area contributed by atoms with Crippen molar-refractivity contribution in [2.45, 2.75) is 0 Å². The summed E-state index contributed by atoms with van der Waals surface area (Å²) in [5, 5.41) is 4.72. The maximum absolute atomic E-state index is 13.6. The first-order valence-electron chi connectivity index (χ1n) is 12.4. The third-order valence-electron chi connectivity index (χ3n) is 6.27. The number of amides is 2. The Balaban J connectivity index is 1.36. The molecule has 5 rings (SSSR count). The van der Waals surface area contributed by atoms with Gasteiger partial charge in [-0.2, -0.15) is 0 Å². The summed E-state index contributed by atoms with van der Waals surface area (Å²) in [6, 6.07) is 19.1. The van der Waals surface area contributed by atoms with Crippen molar-refractivity contribution in [3.8, 4) is 16.9 Å². The molecule has 1 N–H and O–H groups in total. The molecule has 2 amide bonds. The summed E-state index contributed by atoms with van der Waals surface area (Å²) in [6.45, 7) is 3.85. The maximum atomic E-state index is 13.6. The van der Waals surface area contributed by atoms with Crippen LogP contribution in [0.3, 0.4) is 0 Å². The smallest absolute Gasteiger partial charge is 0.264 e. The van der Waals surface area contributed by atoms with Crippen molar-refractivity contribution in [1.82, 2.24) is 19.4 Å². The van der Waals surface area contributed by atoms with Crippen molar-refractivity contribution in [1.29, 1.82) is 0 Å². The average Bonchev–Trinajstić information content (AvgIpc) is 3.63. The van der Waals surface area contributed by atoms with E-state index in [0.717, 1.165) is 18.7 Å². The molecule has 8 nitrogen and oxygen atoms in total. The number of thiophene rings is 1. The molecule has 2 aromatic carbocycles. The number of hydrogen-bond donors (Lipinski definition) is 1. The molecule has 1 aliphatic heterocycles. The fourth-order valence-electron chi connectivity index (χ4n) is 4.25. The molecule has 1 aliphatic rings. The summed E-state index contributed by atoms with van der Waals surface area (Å²) in [7, 11) is 0. The Labute approximate surface area is 224 Å². The first kappa shape index (κ1) is 25.8. The van der Waals surface area contributed by atoms with Gasteiger partial charge in [-0.1, -0.05) is 36.4 Å². The number of ether oxygens (including phenoxy) is 1. The molecule has 10 heteroatoms. The van der Waals surface area contributed by atoms with Crippen LogP contribution in [-0.2, 0) is 9.53 Å². The van der Waals surface area contributed by atoms with Gasteiger partial charge in [0.25, 0.3) is 5.91 Å². The van der Waals surface area contributed by atoms with Gasteiger partial charge in [-0.05, 0) is 35.7 Å². The van der Waals surface area contributed by atoms with Crippen molar-refractivity contribution in [3.05, 3.63) is 89.0 Å². The highest BCUT2D eigenvalue weighted by molar-refractivity contribution is 7.12. The predicted octanol–water partition coefficient (Wildman–Crippen LogP) is 4.15. The van der Waals surface area contributed by atoms with E-state index in [0.29, 0.717) is 42.6 Å². The highest BCUT2D eigenvalue weighted by Crippen LogP contribution is 2.24. The largest absolute Gasteiger partial charge is 0.379 e. The number of nitrogens with zero attached hydrogens (tertiary/aromatic N) is 4. The van der Waals surface area contributed by atoms with Crippen molar-refractivity contribution >= 4 is 29.1 Å². The van der Waals surface area contributed by atoms with Gasteiger partial charge in [0.15, 0.2) is 0 Å². The fraction of sp³-hybridized carbons (Fsp3) is 0.250. The van der Waals surface area contributed by atoms with Gasteiger partial charge in [-0.3, -0.25) is 24.4 Å². The number of imidazole rings is 1. The SMILES string of the molecule is O=C(CN(CCN1CCOCC1)C(=O)c1cccs1)Nc1nc(-c2ccccc2)cn1-c1ccc(F)cc1. The van der Waals surface area contributed by atoms with Gasteiger partial charge in [0.05, 0.1) is 23.8 Å². The Morgan fingerprint density at radius 3 is 2.50 bits per heavy atom. The number of carbonyl (C=O) groups is 2. The van der Waals surface area contributed by atoms with Gasteiger partial charge in [0.1, 0.15) is 12.4 Å². The number of benzene rings is 2. The van der Waals surface area contributed by atoms with Crippen LogP contribution in [0.1, 0.15) is 9.67 Å². The molecule has 0 saturated carbocycles. The van der Waals surface area contributed by atoms with Gasteiger partial charge in [-0.25, -0.2) is 9.37 Å². The Hall–Kier alpha value is -3.86. The third kappa shape index (κ3) is 6.34. The lowest BCUT2D eigenvalue weighted by Gasteiger charge is -2.29. The van der Waals surface area contributed by atoms with Gasteiger partial charge >= 0.3 is 0 Å². The van der Waals surface area contributed by atoms with Crippen molar-refractivity contribution in [2.75, 3.05) is 51.3 Å². The molecule has 4 aromatic rings. The van der Waals surface area contributed by atoms with E-state index < -0.39 is 0 Å². The van der Waals surface area contributed by atoms with E-state index in [-0.39, 0.29) is 30.1 Å². The van der Waals surface area contributed by atoms with E-state index in [1.807, 2.05) is 41.8 Å². The molecule has 0 unspecified atom stereocenters. The highest BCUT2D eigenvalue weighted by atomic mass is 32.1. The van der Waals surface area contributed by atoms with Crippen molar-refractivity contribution < 1.29 is 18.7 Å². The lowest BCUT2D eigenvalue weighted by molar-refractivity contribution is -0.117. The minimum absolute atomic E-state index is 0.127. The summed E-state index contributed by atoms with van der Waals surface area (Å²) in [4.78, 5) is 35.5. The number of rotatable bonds is 9. The van der Waals surface area contributed by atoms with Gasteiger partial charge in [-0.15, -0.1) is 11.3 Å². The number of nitrogens with one attached hydrogen (secondary N) is 1. The van der Waals surface area contributed by atoms with E-state index in [1.165, 1.54) is 23.5 Å². The Bertz CT molecular complexity index is 1350. The third-order valence-corrected chi connectivity index (χ3v) is 7.13. The zero-order valence-electron chi connectivity index (χ0n) is 20.8. The van der Waals surface area contributed by atoms with Crippen molar-refractivity contribution in [3.63, 3.8) is 0 Å². The number of aromatic nitrogens is 2. The Morgan fingerprint density at radius 1 is 1.03 bits per heavy atom. The lowest BCUT2D eigenvalue weighted by atomic mass is 10.2. The van der Waals surface area contributed by atoms with Crippen LogP contribution < -0.4 is 5.32 Å². The number of halogens is 1. The zero-order chi connectivity index (χ0) is 26.3. The molecule has 0 aliphatic carbocycles. The summed E-state index contributed by atoms with van der Waals surface area (Å²) >= 11 is 1.35. The second kappa shape index (κ2) is 12.1. The van der Waals surface area contributed by atoms with E-state index in [2.05, 4.69) is 15.2 Å². The summed E-state index contributed by atoms with van der Waals surface area (Å²) in [6.07, 6.45) is 1.80. The van der Waals surface area contributed by atoms with Crippen LogP contribution in [-0.4, -0.2) is 77.1 Å². The van der Waals surface area contributed by atoms with Gasteiger partial charge < -0.3 is 9.64 Å². The topological polar surface area (TPSA) is 79.7 Å². The molecule has 1 fully saturated rings. The highest BCUT2D eigenvalue weighted by Gasteiger charge is 2.23. The molecule has 0 radical (unpaired) electrons. The number of carbonyl (C=O) groups excluding carboxylic acids is 2. The number of hydrogen-bond acceptors (Lipinski definition) is 6. The molecule has 0 atom stereocenters. The summed E-state index contributed by atoms with van der Waals surface area (Å²) in [5.74, 6) is -0.622. The van der Waals surface area contributed by atoms with Crippen LogP contribution >= 0.6 is 11.3 Å². The molecule has 0 bridgehead atoms. The van der Waals surface area contributed by atoms with E-state index in [9.17, 15) is 14.0 Å². The first-order chi connectivity index (χ1) is 18.6. The van der Waals surface area contributed by atoms with Gasteiger partial charge in [0.2, 0.25) is 11.9 Å². The van der Waals surface area contributed by atoms with E-state index in [1.54, 1.807) is 33.9 Å². The minimum atomic E-state index is -0.370. The van der Waals surface area contributed by atoms with Crippen molar-refractivity contribution in [2.24, 2.45) is 0 Å². The first-order valence-corrected chi connectivity index (χ1v) is 13.3. The normalized spacial score (nSPS) is 13.8. The predicted molar refractivity (Wildman–Crippen MR) is 145 cm³/mol. The fourth-order valence-corrected chi connectivity index (χ4v) is 4.94. The van der Waals surface area contributed by atoms with Crippen LogP contribution in [0, 0.1) is 5.82 Å². The van der Waals surface area contributed by atoms with Crippen LogP contribution in [0.4, 0.5) is 10.3 Å². The molecule has 1 saturated heterocycles. The average molecular weight is 534 g/mol. The molecule has 38 heavy (non-hydrogen) atoms. The summed E-state index contributed by atoms with van der Waals surface area (Å²) in [5.41, 5.74) is 2.18. The maximum Gasteiger partial charge on any atom is 0.264 e. The van der Waals surface area contributed by atoms with Crippen LogP contribution in [0.15, 0.2) is 78.3 Å². The Kier molecular flexibility index (Phi) is 8.22. The van der Waals surface area contributed by atoms with Crippen LogP contribution in [0.25, 0.3) is 16.9 Å². The molecular formula is C28H28FN5O3S. The molecule has 3 heterocycles. The second-order valence-electron chi connectivity index (χ2n) is 8.87. The van der Waals surface area contributed by atoms with Crippen LogP contribution in [0.2, 0.25) is 0 Å². The lowest BCUT2D eigenvalue weighted by Crippen LogP contribution is -2.45. The quantitative estimate of drug-likeness (QED) is 0.350. The number of anilines is 1. The van der Waals surface area contributed by atoms with E-state index >= 15 is 0 Å². The van der Waals surface area contributed by atoms with E-state index in [4.69, 9.17) is 4.74 Å². The Morgan fingerprint density at radius 2 is 1.79 bits per heavy atom. The molecule has 2 aromatic heterocycles. The number of morpholine rings is 1. The summed E-state index contributed by atoms with van der Waals surface area (Å²) < 4.78 is 20.7. The van der Waals surface area contributed by atoms with Crippen LogP contribution in [0.5, 0.6) is 0 Å². The minimum Gasteiger partial charge on any atom is -0.379 e. The standard InChI is InChI=1S/C28H28FN5O3S/c29-22-8-10-23(11-9-22)34-19-24(21-5-2-1-3-6-21)30-28(34)31-26(35)20-33(27(36)25-7-4-18-38-25)13-12-32-14-16-37-17-15-32/h1-11,18-19H,12-17,20H2,(H,30,31,35). The molecular weight excluding hydrogens is 505 g/mol. The second-order valence-corrected chi connectivity index (χ2v) is 9.82. The zero-order valence-corrected chi connectivity index (χ0v) is 21.6. The monoisotopic (exact) mass is 533 g/mol. The molecule has 0 spiro atoms. The van der Waals surface area contributed by atoms with Gasteiger partial charge in [0, 0.05) is 43.6 Å². The molecule has 196 valence electrons.